The van der Waals surface area contributed by atoms with Crippen LogP contribution in [0.4, 0.5) is 0 Å². The fourth-order valence-corrected chi connectivity index (χ4v) is 1.84. The standard InChI is InChI=1S/C14H11ClN2O2/c15-10-7-5-9(6-8-10)13(18)11-3-1-2-4-12(11)14(19)17-16/h1-8H,16H2,(H,17,19). The number of benzene rings is 2. The van der Waals surface area contributed by atoms with Gasteiger partial charge in [0.25, 0.3) is 5.91 Å². The molecule has 19 heavy (non-hydrogen) atoms. The summed E-state index contributed by atoms with van der Waals surface area (Å²) >= 11 is 5.77. The lowest BCUT2D eigenvalue weighted by molar-refractivity contribution is 0.0942. The van der Waals surface area contributed by atoms with Crippen LogP contribution in [-0.2, 0) is 0 Å². The maximum atomic E-state index is 12.3. The van der Waals surface area contributed by atoms with Crippen LogP contribution >= 0.6 is 11.6 Å². The van der Waals surface area contributed by atoms with Crippen molar-refractivity contribution in [3.8, 4) is 0 Å². The van der Waals surface area contributed by atoms with E-state index >= 15 is 0 Å². The number of hydrogen-bond acceptors (Lipinski definition) is 3. The Labute approximate surface area is 115 Å². The highest BCUT2D eigenvalue weighted by atomic mass is 35.5. The van der Waals surface area contributed by atoms with E-state index in [-0.39, 0.29) is 11.3 Å². The molecule has 3 N–H and O–H groups in total. The zero-order valence-electron chi connectivity index (χ0n) is 9.89. The Bertz CT molecular complexity index is 624. The zero-order chi connectivity index (χ0) is 13.8. The molecule has 0 bridgehead atoms. The summed E-state index contributed by atoms with van der Waals surface area (Å²) in [7, 11) is 0. The third kappa shape index (κ3) is 2.81. The Morgan fingerprint density at radius 1 is 0.947 bits per heavy atom. The molecular weight excluding hydrogens is 264 g/mol. The predicted octanol–water partition coefficient (Wildman–Crippen LogP) is 2.17. The van der Waals surface area contributed by atoms with Crippen LogP contribution in [0.25, 0.3) is 0 Å². The average molecular weight is 275 g/mol. The minimum absolute atomic E-state index is 0.241. The number of amides is 1. The molecular formula is C14H11ClN2O2. The fraction of sp³-hybridized carbons (Fsp3) is 0. The fourth-order valence-electron chi connectivity index (χ4n) is 1.71. The van der Waals surface area contributed by atoms with Crippen molar-refractivity contribution in [1.82, 2.24) is 5.43 Å². The topological polar surface area (TPSA) is 72.2 Å². The van der Waals surface area contributed by atoms with Crippen molar-refractivity contribution in [2.75, 3.05) is 0 Å². The number of carbonyl (C=O) groups excluding carboxylic acids is 2. The number of nitrogens with two attached hydrogens (primary N) is 1. The van der Waals surface area contributed by atoms with Crippen LogP contribution in [0.1, 0.15) is 26.3 Å². The molecule has 4 nitrogen and oxygen atoms in total. The van der Waals surface area contributed by atoms with Crippen LogP contribution < -0.4 is 11.3 Å². The Morgan fingerprint density at radius 2 is 1.53 bits per heavy atom. The van der Waals surface area contributed by atoms with Crippen molar-refractivity contribution in [1.29, 1.82) is 0 Å². The highest BCUT2D eigenvalue weighted by molar-refractivity contribution is 6.30. The number of hydrazine groups is 1. The van der Waals surface area contributed by atoms with Gasteiger partial charge in [0, 0.05) is 16.1 Å². The number of nitrogens with one attached hydrogen (secondary N) is 1. The van der Waals surface area contributed by atoms with Crippen LogP contribution in [-0.4, -0.2) is 11.7 Å². The van der Waals surface area contributed by atoms with Gasteiger partial charge in [-0.3, -0.25) is 15.0 Å². The highest BCUT2D eigenvalue weighted by Crippen LogP contribution is 2.16. The smallest absolute Gasteiger partial charge is 0.265 e. The Hall–Kier alpha value is -2.17. The zero-order valence-corrected chi connectivity index (χ0v) is 10.6. The molecule has 0 heterocycles. The van der Waals surface area contributed by atoms with E-state index in [2.05, 4.69) is 0 Å². The molecule has 0 radical (unpaired) electrons. The summed E-state index contributed by atoms with van der Waals surface area (Å²) in [5.74, 6) is 4.35. The first-order valence-corrected chi connectivity index (χ1v) is 5.91. The molecule has 0 fully saturated rings. The van der Waals surface area contributed by atoms with E-state index in [0.717, 1.165) is 0 Å². The molecule has 5 heteroatoms. The molecule has 2 rings (SSSR count). The second-order valence-corrected chi connectivity index (χ2v) is 4.29. The van der Waals surface area contributed by atoms with E-state index in [0.29, 0.717) is 16.1 Å². The van der Waals surface area contributed by atoms with Crippen LogP contribution in [0.15, 0.2) is 48.5 Å². The van der Waals surface area contributed by atoms with E-state index in [1.165, 1.54) is 0 Å². The van der Waals surface area contributed by atoms with Gasteiger partial charge in [-0.15, -0.1) is 0 Å². The van der Waals surface area contributed by atoms with Crippen LogP contribution in [0.5, 0.6) is 0 Å². The third-order valence-corrected chi connectivity index (χ3v) is 2.91. The van der Waals surface area contributed by atoms with Crippen molar-refractivity contribution in [2.24, 2.45) is 5.84 Å². The van der Waals surface area contributed by atoms with E-state index < -0.39 is 5.91 Å². The molecule has 0 aliphatic carbocycles. The summed E-state index contributed by atoms with van der Waals surface area (Å²) in [6, 6.07) is 13.0. The first-order valence-electron chi connectivity index (χ1n) is 5.53. The monoisotopic (exact) mass is 274 g/mol. The minimum Gasteiger partial charge on any atom is -0.290 e. The molecule has 0 atom stereocenters. The molecule has 96 valence electrons. The molecule has 2 aromatic rings. The lowest BCUT2D eigenvalue weighted by Gasteiger charge is -2.07. The number of halogens is 1. The maximum absolute atomic E-state index is 12.3. The first-order chi connectivity index (χ1) is 9.13. The Morgan fingerprint density at radius 3 is 2.11 bits per heavy atom. The van der Waals surface area contributed by atoms with Gasteiger partial charge in [0.15, 0.2) is 5.78 Å². The van der Waals surface area contributed by atoms with Crippen molar-refractivity contribution in [3.63, 3.8) is 0 Å². The molecule has 2 aromatic carbocycles. The number of nitrogen functional groups attached to an aromatic ring is 1. The van der Waals surface area contributed by atoms with Gasteiger partial charge in [0.2, 0.25) is 0 Å². The summed E-state index contributed by atoms with van der Waals surface area (Å²) in [5, 5.41) is 0.546. The second-order valence-electron chi connectivity index (χ2n) is 3.86. The third-order valence-electron chi connectivity index (χ3n) is 2.65. The lowest BCUT2D eigenvalue weighted by Crippen LogP contribution is -2.31. The molecule has 0 saturated heterocycles. The first kappa shape index (κ1) is 13.3. The summed E-state index contributed by atoms with van der Waals surface area (Å²) in [6.07, 6.45) is 0. The number of carbonyl (C=O) groups is 2. The van der Waals surface area contributed by atoms with Crippen molar-refractivity contribution < 1.29 is 9.59 Å². The molecule has 1 amide bonds. The van der Waals surface area contributed by atoms with Crippen molar-refractivity contribution >= 4 is 23.3 Å². The summed E-state index contributed by atoms with van der Waals surface area (Å²) in [4.78, 5) is 23.9. The van der Waals surface area contributed by atoms with E-state index in [1.54, 1.807) is 48.5 Å². The van der Waals surface area contributed by atoms with Crippen molar-refractivity contribution in [3.05, 3.63) is 70.2 Å². The van der Waals surface area contributed by atoms with E-state index in [9.17, 15) is 9.59 Å². The minimum atomic E-state index is -0.502. The summed E-state index contributed by atoms with van der Waals surface area (Å²) in [6.45, 7) is 0. The number of hydrogen-bond donors (Lipinski definition) is 2. The van der Waals surface area contributed by atoms with Gasteiger partial charge in [-0.05, 0) is 30.3 Å². The lowest BCUT2D eigenvalue weighted by atomic mass is 9.98. The van der Waals surface area contributed by atoms with Crippen LogP contribution in [0.3, 0.4) is 0 Å². The number of rotatable bonds is 3. The molecule has 0 saturated carbocycles. The van der Waals surface area contributed by atoms with Gasteiger partial charge in [-0.25, -0.2) is 5.84 Å². The Kier molecular flexibility index (Phi) is 3.94. The van der Waals surface area contributed by atoms with Gasteiger partial charge in [0.05, 0.1) is 5.56 Å². The highest BCUT2D eigenvalue weighted by Gasteiger charge is 2.17. The van der Waals surface area contributed by atoms with Gasteiger partial charge in [0.1, 0.15) is 0 Å². The quantitative estimate of drug-likeness (QED) is 0.390. The Balaban J connectivity index is 2.44. The maximum Gasteiger partial charge on any atom is 0.265 e. The molecule has 0 aliphatic rings. The predicted molar refractivity (Wildman–Crippen MR) is 73.0 cm³/mol. The van der Waals surface area contributed by atoms with Crippen LogP contribution in [0.2, 0.25) is 5.02 Å². The second kappa shape index (κ2) is 5.65. The summed E-state index contributed by atoms with van der Waals surface area (Å²) < 4.78 is 0. The van der Waals surface area contributed by atoms with Crippen LogP contribution in [0, 0.1) is 0 Å². The summed E-state index contributed by atoms with van der Waals surface area (Å²) in [5.41, 5.74) is 3.02. The molecule has 0 aromatic heterocycles. The largest absolute Gasteiger partial charge is 0.290 e. The number of ketones is 1. The van der Waals surface area contributed by atoms with Gasteiger partial charge < -0.3 is 0 Å². The molecule has 0 aliphatic heterocycles. The van der Waals surface area contributed by atoms with Gasteiger partial charge >= 0.3 is 0 Å². The van der Waals surface area contributed by atoms with Gasteiger partial charge in [-0.1, -0.05) is 29.8 Å². The molecule has 0 unspecified atom stereocenters. The SMILES string of the molecule is NNC(=O)c1ccccc1C(=O)c1ccc(Cl)cc1. The average Bonchev–Trinajstić information content (AvgIpc) is 2.46. The van der Waals surface area contributed by atoms with Gasteiger partial charge in [-0.2, -0.15) is 0 Å². The van der Waals surface area contributed by atoms with Crippen molar-refractivity contribution in [2.45, 2.75) is 0 Å². The van der Waals surface area contributed by atoms with E-state index in [4.69, 9.17) is 17.4 Å². The molecule has 0 spiro atoms. The normalized spacial score (nSPS) is 10.0. The van der Waals surface area contributed by atoms with E-state index in [1.807, 2.05) is 5.43 Å².